The molecular weight excluding hydrogens is 432 g/mol. The molecule has 9 heteroatoms. The van der Waals surface area contributed by atoms with Crippen molar-refractivity contribution in [2.45, 2.75) is 64.4 Å². The first-order valence-electron chi connectivity index (χ1n) is 12.4. The first-order chi connectivity index (χ1) is 16.6. The highest BCUT2D eigenvalue weighted by Gasteiger charge is 2.30. The Bertz CT molecular complexity index is 993. The summed E-state index contributed by atoms with van der Waals surface area (Å²) >= 11 is 0. The van der Waals surface area contributed by atoms with Gasteiger partial charge in [-0.2, -0.15) is 0 Å². The second-order valence-electron chi connectivity index (χ2n) is 9.71. The first-order valence-corrected chi connectivity index (χ1v) is 12.4. The molecule has 0 aliphatic carbocycles. The number of likely N-dealkylation sites (tertiary alicyclic amines) is 2. The van der Waals surface area contributed by atoms with E-state index in [9.17, 15) is 9.59 Å². The van der Waals surface area contributed by atoms with Gasteiger partial charge < -0.3 is 15.0 Å². The van der Waals surface area contributed by atoms with Gasteiger partial charge in [0, 0.05) is 51.6 Å². The van der Waals surface area contributed by atoms with E-state index in [-0.39, 0.29) is 29.9 Å². The zero-order chi connectivity index (χ0) is 23.5. The molecule has 2 aromatic rings. The van der Waals surface area contributed by atoms with Gasteiger partial charge >= 0.3 is 0 Å². The molecule has 0 radical (unpaired) electrons. The Morgan fingerprint density at radius 3 is 2.50 bits per heavy atom. The van der Waals surface area contributed by atoms with Gasteiger partial charge in [-0.3, -0.25) is 14.5 Å². The fourth-order valence-corrected chi connectivity index (χ4v) is 5.28. The lowest BCUT2D eigenvalue weighted by atomic mass is 9.94. The highest BCUT2D eigenvalue weighted by atomic mass is 16.5. The van der Waals surface area contributed by atoms with Crippen molar-refractivity contribution in [3.8, 4) is 0 Å². The molecule has 1 unspecified atom stereocenters. The van der Waals surface area contributed by atoms with Crippen LogP contribution in [0.1, 0.15) is 55.7 Å². The Balaban J connectivity index is 1.08. The van der Waals surface area contributed by atoms with Crippen LogP contribution in [0.5, 0.6) is 0 Å². The second kappa shape index (κ2) is 10.2. The topological polar surface area (TPSA) is 92.6 Å². The van der Waals surface area contributed by atoms with Crippen LogP contribution in [-0.2, 0) is 34.0 Å². The molecule has 4 heterocycles. The van der Waals surface area contributed by atoms with Gasteiger partial charge in [-0.05, 0) is 31.2 Å². The van der Waals surface area contributed by atoms with Gasteiger partial charge in [-0.15, -0.1) is 5.10 Å². The van der Waals surface area contributed by atoms with Crippen LogP contribution in [0, 0.1) is 5.92 Å². The quantitative estimate of drug-likeness (QED) is 0.724. The Kier molecular flexibility index (Phi) is 6.92. The lowest BCUT2D eigenvalue weighted by Gasteiger charge is -2.34. The van der Waals surface area contributed by atoms with E-state index >= 15 is 0 Å². The van der Waals surface area contributed by atoms with Crippen molar-refractivity contribution in [2.75, 3.05) is 26.2 Å². The average Bonchev–Trinajstić information content (AvgIpc) is 3.27. The number of rotatable bonds is 5. The minimum atomic E-state index is 0.0114. The van der Waals surface area contributed by atoms with Crippen LogP contribution in [-0.4, -0.2) is 68.8 Å². The Morgan fingerprint density at radius 1 is 1.06 bits per heavy atom. The van der Waals surface area contributed by atoms with Gasteiger partial charge in [0.2, 0.25) is 11.8 Å². The molecule has 1 aromatic carbocycles. The molecule has 3 aliphatic rings. The molecule has 2 saturated heterocycles. The molecule has 34 heavy (non-hydrogen) atoms. The summed E-state index contributed by atoms with van der Waals surface area (Å²) in [7, 11) is 0. The third kappa shape index (κ3) is 5.15. The molecular formula is C25H34N6O3. The van der Waals surface area contributed by atoms with Gasteiger partial charge in [-0.1, -0.05) is 35.5 Å². The number of piperidine rings is 2. The van der Waals surface area contributed by atoms with E-state index in [2.05, 4.69) is 32.7 Å². The zero-order valence-electron chi connectivity index (χ0n) is 19.9. The summed E-state index contributed by atoms with van der Waals surface area (Å²) < 4.78 is 8.12. The van der Waals surface area contributed by atoms with E-state index < -0.39 is 0 Å². The number of amides is 2. The number of benzene rings is 1. The van der Waals surface area contributed by atoms with Crippen LogP contribution in [0.2, 0.25) is 0 Å². The number of ether oxygens (including phenoxy) is 1. The summed E-state index contributed by atoms with van der Waals surface area (Å²) in [6, 6.07) is 10.5. The molecule has 0 saturated carbocycles. The van der Waals surface area contributed by atoms with Crippen LogP contribution < -0.4 is 5.32 Å². The highest BCUT2D eigenvalue weighted by Crippen LogP contribution is 2.27. The Labute approximate surface area is 200 Å². The number of nitrogens with one attached hydrogen (secondary N) is 1. The number of nitrogens with zero attached hydrogens (tertiary/aromatic N) is 5. The van der Waals surface area contributed by atoms with Crippen molar-refractivity contribution >= 4 is 11.8 Å². The lowest BCUT2D eigenvalue weighted by Crippen LogP contribution is -2.48. The largest absolute Gasteiger partial charge is 0.365 e. The predicted octanol–water partition coefficient (Wildman–Crippen LogP) is 1.89. The van der Waals surface area contributed by atoms with Crippen molar-refractivity contribution < 1.29 is 14.3 Å². The molecule has 1 atom stereocenters. The van der Waals surface area contributed by atoms with E-state index in [4.69, 9.17) is 4.74 Å². The second-order valence-corrected chi connectivity index (χ2v) is 9.71. The first kappa shape index (κ1) is 23.0. The summed E-state index contributed by atoms with van der Waals surface area (Å²) in [6.45, 7) is 6.79. The average molecular weight is 467 g/mol. The standard InChI is InChI=1S/C25H34N6O3/c1-18(32)30-13-7-20(8-14-30)25(33)26-21-9-11-29(12-10-21)15-22-23-17-34-24(16-31(23)28-27-22)19-5-3-2-4-6-19/h2-6,20-21,24H,7-17H2,1H3,(H,26,33). The SMILES string of the molecule is CC(=O)N1CCC(C(=O)NC2CCN(Cc3nnn4c3COC(c3ccccc3)C4)CC2)CC1. The molecule has 0 spiro atoms. The summed E-state index contributed by atoms with van der Waals surface area (Å²) in [6.07, 6.45) is 3.41. The Hall–Kier alpha value is -2.78. The fourth-order valence-electron chi connectivity index (χ4n) is 5.28. The Morgan fingerprint density at radius 2 is 1.79 bits per heavy atom. The molecule has 1 N–H and O–H groups in total. The number of carbonyl (C=O) groups excluding carboxylic acids is 2. The van der Waals surface area contributed by atoms with Crippen molar-refractivity contribution in [1.82, 2.24) is 30.1 Å². The number of aromatic nitrogens is 3. The minimum Gasteiger partial charge on any atom is -0.365 e. The monoisotopic (exact) mass is 466 g/mol. The number of fused-ring (bicyclic) bond motifs is 1. The van der Waals surface area contributed by atoms with Gasteiger partial charge in [0.05, 0.1) is 18.8 Å². The smallest absolute Gasteiger partial charge is 0.223 e. The van der Waals surface area contributed by atoms with Crippen molar-refractivity contribution in [3.05, 3.63) is 47.3 Å². The van der Waals surface area contributed by atoms with Crippen LogP contribution in [0.25, 0.3) is 0 Å². The summed E-state index contributed by atoms with van der Waals surface area (Å²) in [5, 5.41) is 12.1. The third-order valence-electron chi connectivity index (χ3n) is 7.47. The van der Waals surface area contributed by atoms with Crippen molar-refractivity contribution in [3.63, 3.8) is 0 Å². The van der Waals surface area contributed by atoms with Crippen molar-refractivity contribution in [1.29, 1.82) is 0 Å². The summed E-state index contributed by atoms with van der Waals surface area (Å²) in [4.78, 5) is 28.4. The molecule has 1 aromatic heterocycles. The molecule has 2 fully saturated rings. The number of carbonyl (C=O) groups is 2. The molecule has 5 rings (SSSR count). The van der Waals surface area contributed by atoms with Gasteiger partial charge in [0.1, 0.15) is 11.8 Å². The summed E-state index contributed by atoms with van der Waals surface area (Å²) in [5.41, 5.74) is 3.23. The molecule has 9 nitrogen and oxygen atoms in total. The van der Waals surface area contributed by atoms with Crippen LogP contribution in [0.3, 0.4) is 0 Å². The fraction of sp³-hybridized carbons (Fsp3) is 0.600. The minimum absolute atomic E-state index is 0.0114. The van der Waals surface area contributed by atoms with E-state index in [1.807, 2.05) is 27.8 Å². The van der Waals surface area contributed by atoms with E-state index in [1.165, 1.54) is 5.56 Å². The van der Waals surface area contributed by atoms with Crippen LogP contribution in [0.15, 0.2) is 30.3 Å². The van der Waals surface area contributed by atoms with E-state index in [0.29, 0.717) is 26.2 Å². The maximum atomic E-state index is 12.7. The number of hydrogen-bond acceptors (Lipinski definition) is 6. The molecule has 0 bridgehead atoms. The van der Waals surface area contributed by atoms with E-state index in [0.717, 1.165) is 56.7 Å². The maximum absolute atomic E-state index is 12.7. The summed E-state index contributed by atoms with van der Waals surface area (Å²) in [5.74, 6) is 0.276. The molecule has 2 amide bonds. The molecule has 3 aliphatic heterocycles. The van der Waals surface area contributed by atoms with Gasteiger partial charge in [-0.25, -0.2) is 4.68 Å². The lowest BCUT2D eigenvalue weighted by molar-refractivity contribution is -0.134. The van der Waals surface area contributed by atoms with Crippen molar-refractivity contribution in [2.24, 2.45) is 5.92 Å². The predicted molar refractivity (Wildman–Crippen MR) is 125 cm³/mol. The highest BCUT2D eigenvalue weighted by molar-refractivity contribution is 5.79. The third-order valence-corrected chi connectivity index (χ3v) is 7.47. The maximum Gasteiger partial charge on any atom is 0.223 e. The van der Waals surface area contributed by atoms with Gasteiger partial charge in [0.25, 0.3) is 0 Å². The molecule has 182 valence electrons. The normalized spacial score (nSPS) is 22.4. The van der Waals surface area contributed by atoms with E-state index in [1.54, 1.807) is 6.92 Å². The van der Waals surface area contributed by atoms with Crippen LogP contribution in [0.4, 0.5) is 0 Å². The number of hydrogen-bond donors (Lipinski definition) is 1. The van der Waals surface area contributed by atoms with Gasteiger partial charge in [0.15, 0.2) is 0 Å². The van der Waals surface area contributed by atoms with Crippen LogP contribution >= 0.6 is 0 Å². The zero-order valence-corrected chi connectivity index (χ0v) is 19.9.